The quantitative estimate of drug-likeness (QED) is 0.676. The van der Waals surface area contributed by atoms with E-state index in [1.165, 1.54) is 4.90 Å². The third-order valence-corrected chi connectivity index (χ3v) is 3.61. The first-order valence-corrected chi connectivity index (χ1v) is 8.85. The molecule has 0 aliphatic rings. The second kappa shape index (κ2) is 9.99. The lowest BCUT2D eigenvalue weighted by molar-refractivity contribution is -0.136. The summed E-state index contributed by atoms with van der Waals surface area (Å²) in [6.07, 6.45) is 0.480. The summed E-state index contributed by atoms with van der Waals surface area (Å²) in [5.74, 6) is -2.81. The Balaban J connectivity index is 2.42. The second-order valence-electron chi connectivity index (χ2n) is 7.19. The molecule has 0 heterocycles. The van der Waals surface area contributed by atoms with E-state index in [4.69, 9.17) is 0 Å². The normalized spacial score (nSPS) is 11.0. The molecule has 0 aliphatic heterocycles. The highest BCUT2D eigenvalue weighted by Gasteiger charge is 2.19. The van der Waals surface area contributed by atoms with E-state index < -0.39 is 17.5 Å². The van der Waals surface area contributed by atoms with E-state index in [1.54, 1.807) is 6.92 Å². The van der Waals surface area contributed by atoms with Gasteiger partial charge in [0.15, 0.2) is 0 Å². The third kappa shape index (κ3) is 8.15. The number of carbonyl (C=O) groups excluding carboxylic acids is 3. The maximum Gasteiger partial charge on any atom is 0.254 e. The van der Waals surface area contributed by atoms with Crippen LogP contribution in [-0.4, -0.2) is 47.8 Å². The van der Waals surface area contributed by atoms with E-state index in [0.29, 0.717) is 19.0 Å². The molecule has 1 aromatic rings. The number of nitrogens with one attached hydrogen (secondary N) is 2. The molecule has 150 valence electrons. The lowest BCUT2D eigenvalue weighted by atomic mass is 10.1. The molecule has 8 heteroatoms. The molecule has 0 radical (unpaired) electrons. The van der Waals surface area contributed by atoms with Crippen LogP contribution < -0.4 is 10.6 Å². The van der Waals surface area contributed by atoms with Gasteiger partial charge in [-0.25, -0.2) is 8.78 Å². The van der Waals surface area contributed by atoms with Gasteiger partial charge in [0, 0.05) is 31.1 Å². The summed E-state index contributed by atoms with van der Waals surface area (Å²) in [4.78, 5) is 37.5. The maximum atomic E-state index is 13.5. The Kier molecular flexibility index (Phi) is 8.33. The van der Waals surface area contributed by atoms with Gasteiger partial charge in [0.2, 0.25) is 11.8 Å². The summed E-state index contributed by atoms with van der Waals surface area (Å²) in [7, 11) is 0. The Morgan fingerprint density at radius 2 is 1.81 bits per heavy atom. The van der Waals surface area contributed by atoms with Crippen molar-refractivity contribution in [3.63, 3.8) is 0 Å². The van der Waals surface area contributed by atoms with Gasteiger partial charge in [-0.1, -0.05) is 0 Å². The SMILES string of the molecule is CCN(CC(=O)NC(C)(C)C)C(=O)CCCNC(=O)c1ccc(F)cc1F. The number of carbonyl (C=O) groups is 3. The number of amides is 3. The molecule has 0 atom stereocenters. The summed E-state index contributed by atoms with van der Waals surface area (Å²) in [6, 6.07) is 2.71. The zero-order valence-corrected chi connectivity index (χ0v) is 16.2. The molecular weight excluding hydrogens is 356 g/mol. The number of rotatable bonds is 8. The van der Waals surface area contributed by atoms with Crippen LogP contribution in [0.5, 0.6) is 0 Å². The lowest BCUT2D eigenvalue weighted by Crippen LogP contribution is -2.47. The highest BCUT2D eigenvalue weighted by Crippen LogP contribution is 2.09. The van der Waals surface area contributed by atoms with Gasteiger partial charge in [0.1, 0.15) is 11.6 Å². The number of nitrogens with zero attached hydrogens (tertiary/aromatic N) is 1. The average molecular weight is 383 g/mol. The molecule has 3 amide bonds. The molecule has 0 saturated heterocycles. The fourth-order valence-corrected chi connectivity index (χ4v) is 2.38. The van der Waals surface area contributed by atoms with Crippen LogP contribution in [0, 0.1) is 11.6 Å². The summed E-state index contributed by atoms with van der Waals surface area (Å²) in [6.45, 7) is 7.87. The summed E-state index contributed by atoms with van der Waals surface area (Å²) >= 11 is 0. The largest absolute Gasteiger partial charge is 0.352 e. The van der Waals surface area contributed by atoms with Gasteiger partial charge >= 0.3 is 0 Å². The summed E-state index contributed by atoms with van der Waals surface area (Å²) < 4.78 is 26.4. The lowest BCUT2D eigenvalue weighted by Gasteiger charge is -2.25. The molecular formula is C19H27F2N3O3. The molecule has 1 aromatic carbocycles. The van der Waals surface area contributed by atoms with Gasteiger partial charge in [-0.2, -0.15) is 0 Å². The topological polar surface area (TPSA) is 78.5 Å². The zero-order chi connectivity index (χ0) is 20.6. The highest BCUT2D eigenvalue weighted by atomic mass is 19.1. The fourth-order valence-electron chi connectivity index (χ4n) is 2.38. The van der Waals surface area contributed by atoms with Crippen molar-refractivity contribution >= 4 is 17.7 Å². The van der Waals surface area contributed by atoms with Crippen molar-refractivity contribution in [3.8, 4) is 0 Å². The Morgan fingerprint density at radius 1 is 1.15 bits per heavy atom. The Morgan fingerprint density at radius 3 is 2.37 bits per heavy atom. The minimum absolute atomic E-state index is 0.0280. The number of halogens is 2. The first-order valence-electron chi connectivity index (χ1n) is 8.85. The average Bonchev–Trinajstić information content (AvgIpc) is 2.54. The van der Waals surface area contributed by atoms with E-state index in [2.05, 4.69) is 10.6 Å². The second-order valence-corrected chi connectivity index (χ2v) is 7.19. The minimum Gasteiger partial charge on any atom is -0.352 e. The Bertz CT molecular complexity index is 687. The molecule has 0 saturated carbocycles. The molecule has 6 nitrogen and oxygen atoms in total. The van der Waals surface area contributed by atoms with E-state index in [0.717, 1.165) is 12.1 Å². The molecule has 0 spiro atoms. The standard InChI is InChI=1S/C19H27F2N3O3/c1-5-24(12-16(25)23-19(2,3)4)17(26)7-6-10-22-18(27)14-9-8-13(20)11-15(14)21/h8-9,11H,5-7,10,12H2,1-4H3,(H,22,27)(H,23,25). The molecule has 1 rings (SSSR count). The van der Waals surface area contributed by atoms with Crippen molar-refractivity contribution in [1.82, 2.24) is 15.5 Å². The van der Waals surface area contributed by atoms with Crippen molar-refractivity contribution in [1.29, 1.82) is 0 Å². The van der Waals surface area contributed by atoms with E-state index in [1.807, 2.05) is 20.8 Å². The Hall–Kier alpha value is -2.51. The van der Waals surface area contributed by atoms with Crippen LogP contribution in [0.3, 0.4) is 0 Å². The molecule has 0 unspecified atom stereocenters. The molecule has 0 aromatic heterocycles. The van der Waals surface area contributed by atoms with Gasteiger partial charge in [0.25, 0.3) is 5.91 Å². The van der Waals surface area contributed by atoms with Crippen molar-refractivity contribution in [2.24, 2.45) is 0 Å². The fraction of sp³-hybridized carbons (Fsp3) is 0.526. The van der Waals surface area contributed by atoms with Gasteiger partial charge < -0.3 is 15.5 Å². The van der Waals surface area contributed by atoms with Gasteiger partial charge in [0.05, 0.1) is 12.1 Å². The highest BCUT2D eigenvalue weighted by molar-refractivity contribution is 5.94. The first-order chi connectivity index (χ1) is 12.5. The number of hydrogen-bond donors (Lipinski definition) is 2. The molecule has 0 bridgehead atoms. The van der Waals surface area contributed by atoms with Crippen LogP contribution in [-0.2, 0) is 9.59 Å². The smallest absolute Gasteiger partial charge is 0.254 e. The molecule has 0 aliphatic carbocycles. The zero-order valence-electron chi connectivity index (χ0n) is 16.2. The van der Waals surface area contributed by atoms with Crippen LogP contribution in [0.25, 0.3) is 0 Å². The van der Waals surface area contributed by atoms with E-state index in [-0.39, 0.29) is 42.4 Å². The number of likely N-dealkylation sites (N-methyl/N-ethyl adjacent to an activating group) is 1. The summed E-state index contributed by atoms with van der Waals surface area (Å²) in [5, 5.41) is 5.29. The van der Waals surface area contributed by atoms with Crippen LogP contribution in [0.1, 0.15) is 50.9 Å². The Labute approximate surface area is 158 Å². The van der Waals surface area contributed by atoms with Crippen molar-refractivity contribution in [2.75, 3.05) is 19.6 Å². The molecule has 2 N–H and O–H groups in total. The van der Waals surface area contributed by atoms with Crippen LogP contribution in [0.15, 0.2) is 18.2 Å². The number of benzene rings is 1. The van der Waals surface area contributed by atoms with Crippen LogP contribution in [0.4, 0.5) is 8.78 Å². The monoisotopic (exact) mass is 383 g/mol. The van der Waals surface area contributed by atoms with Crippen molar-refractivity contribution in [3.05, 3.63) is 35.4 Å². The predicted octanol–water partition coefficient (Wildman–Crippen LogP) is 2.24. The number of hydrogen-bond acceptors (Lipinski definition) is 3. The molecule has 0 fully saturated rings. The van der Waals surface area contributed by atoms with Crippen LogP contribution >= 0.6 is 0 Å². The van der Waals surface area contributed by atoms with E-state index >= 15 is 0 Å². The van der Waals surface area contributed by atoms with E-state index in [9.17, 15) is 23.2 Å². The van der Waals surface area contributed by atoms with Crippen molar-refractivity contribution in [2.45, 2.75) is 46.1 Å². The van der Waals surface area contributed by atoms with Crippen LogP contribution in [0.2, 0.25) is 0 Å². The van der Waals surface area contributed by atoms with Gasteiger partial charge in [-0.3, -0.25) is 14.4 Å². The maximum absolute atomic E-state index is 13.5. The minimum atomic E-state index is -0.939. The summed E-state index contributed by atoms with van der Waals surface area (Å²) in [5.41, 5.74) is -0.629. The van der Waals surface area contributed by atoms with Gasteiger partial charge in [-0.05, 0) is 46.2 Å². The third-order valence-electron chi connectivity index (χ3n) is 3.61. The van der Waals surface area contributed by atoms with Crippen molar-refractivity contribution < 1.29 is 23.2 Å². The van der Waals surface area contributed by atoms with Gasteiger partial charge in [-0.15, -0.1) is 0 Å². The predicted molar refractivity (Wildman–Crippen MR) is 98.1 cm³/mol. The first kappa shape index (κ1) is 22.5. The molecule has 27 heavy (non-hydrogen) atoms.